The van der Waals surface area contributed by atoms with Crippen molar-refractivity contribution in [2.45, 2.75) is 0 Å². The molecule has 2 aromatic carbocycles. The molecule has 0 aliphatic heterocycles. The maximum absolute atomic E-state index is 13.2. The van der Waals surface area contributed by atoms with Crippen LogP contribution in [-0.2, 0) is 0 Å². The lowest BCUT2D eigenvalue weighted by Gasteiger charge is -2.07. The molecule has 92 valence electrons. The lowest BCUT2D eigenvalue weighted by atomic mass is 10.2. The van der Waals surface area contributed by atoms with Gasteiger partial charge in [0, 0.05) is 17.7 Å². The molecule has 0 saturated carbocycles. The first-order valence-corrected chi connectivity index (χ1v) is 5.35. The van der Waals surface area contributed by atoms with Gasteiger partial charge in [-0.25, -0.2) is 8.78 Å². The van der Waals surface area contributed by atoms with Crippen LogP contribution < -0.4 is 4.74 Å². The van der Waals surface area contributed by atoms with Crippen LogP contribution in [0.25, 0.3) is 0 Å². The van der Waals surface area contributed by atoms with E-state index in [9.17, 15) is 13.6 Å². The van der Waals surface area contributed by atoms with Crippen LogP contribution in [0.3, 0.4) is 0 Å². The van der Waals surface area contributed by atoms with Crippen molar-refractivity contribution < 1.29 is 18.3 Å². The summed E-state index contributed by atoms with van der Waals surface area (Å²) in [5, 5.41) is -0.0322. The summed E-state index contributed by atoms with van der Waals surface area (Å²) in [7, 11) is 0. The fourth-order valence-corrected chi connectivity index (χ4v) is 1.51. The van der Waals surface area contributed by atoms with Crippen LogP contribution in [0, 0.1) is 11.6 Å². The number of benzene rings is 2. The zero-order valence-corrected chi connectivity index (χ0v) is 9.75. The molecule has 0 amide bonds. The highest BCUT2D eigenvalue weighted by atomic mass is 35.5. The predicted octanol–water partition coefficient (Wildman–Crippen LogP) is 4.22. The molecule has 0 atom stereocenters. The molecule has 2 rings (SSSR count). The number of carbonyl (C=O) groups is 1. The van der Waals surface area contributed by atoms with Gasteiger partial charge in [0.1, 0.15) is 29.4 Å². The number of halogens is 3. The topological polar surface area (TPSA) is 26.3 Å². The molecule has 0 aromatic heterocycles. The molecule has 0 aliphatic carbocycles. The van der Waals surface area contributed by atoms with Crippen molar-refractivity contribution in [2.75, 3.05) is 0 Å². The SMILES string of the molecule is O=Cc1cc(F)cc(Oc2ccc(Cl)c(F)c2)c1. The summed E-state index contributed by atoms with van der Waals surface area (Å²) in [4.78, 5) is 10.6. The third-order valence-corrected chi connectivity index (χ3v) is 2.46. The number of hydrogen-bond donors (Lipinski definition) is 0. The summed E-state index contributed by atoms with van der Waals surface area (Å²) >= 11 is 5.52. The van der Waals surface area contributed by atoms with Crippen LogP contribution in [-0.4, -0.2) is 6.29 Å². The molecule has 2 nitrogen and oxygen atoms in total. The Morgan fingerprint density at radius 1 is 1.06 bits per heavy atom. The molecular formula is C13H7ClF2O2. The Hall–Kier alpha value is -1.94. The first kappa shape index (κ1) is 12.5. The van der Waals surface area contributed by atoms with E-state index in [0.29, 0.717) is 6.29 Å². The predicted molar refractivity (Wildman–Crippen MR) is 63.3 cm³/mol. The number of carbonyl (C=O) groups excluding carboxylic acids is 1. The van der Waals surface area contributed by atoms with Gasteiger partial charge in [-0.15, -0.1) is 0 Å². The summed E-state index contributed by atoms with van der Waals surface area (Å²) in [5.74, 6) is -0.969. The van der Waals surface area contributed by atoms with Gasteiger partial charge in [-0.1, -0.05) is 11.6 Å². The number of rotatable bonds is 3. The van der Waals surface area contributed by atoms with Crippen molar-refractivity contribution >= 4 is 17.9 Å². The molecule has 0 heterocycles. The van der Waals surface area contributed by atoms with Crippen LogP contribution in [0.1, 0.15) is 10.4 Å². The van der Waals surface area contributed by atoms with Crippen molar-refractivity contribution in [3.63, 3.8) is 0 Å². The van der Waals surface area contributed by atoms with E-state index in [1.54, 1.807) is 0 Å². The summed E-state index contributed by atoms with van der Waals surface area (Å²) < 4.78 is 31.5. The monoisotopic (exact) mass is 268 g/mol. The van der Waals surface area contributed by atoms with Crippen LogP contribution in [0.15, 0.2) is 36.4 Å². The average Bonchev–Trinajstić information content (AvgIpc) is 2.33. The van der Waals surface area contributed by atoms with Gasteiger partial charge >= 0.3 is 0 Å². The molecule has 5 heteroatoms. The Morgan fingerprint density at radius 3 is 2.50 bits per heavy atom. The average molecular weight is 269 g/mol. The normalized spacial score (nSPS) is 10.2. The second-order valence-corrected chi connectivity index (χ2v) is 3.92. The summed E-state index contributed by atoms with van der Waals surface area (Å²) in [6.07, 6.45) is 0.498. The Bertz CT molecular complexity index is 600. The van der Waals surface area contributed by atoms with E-state index in [1.165, 1.54) is 18.2 Å². The molecular weight excluding hydrogens is 262 g/mol. The lowest BCUT2D eigenvalue weighted by Crippen LogP contribution is -1.90. The van der Waals surface area contributed by atoms with Crippen molar-refractivity contribution in [1.82, 2.24) is 0 Å². The van der Waals surface area contributed by atoms with Crippen molar-refractivity contribution in [3.05, 3.63) is 58.6 Å². The van der Waals surface area contributed by atoms with E-state index in [4.69, 9.17) is 16.3 Å². The highest BCUT2D eigenvalue weighted by molar-refractivity contribution is 6.30. The minimum Gasteiger partial charge on any atom is -0.457 e. The van der Waals surface area contributed by atoms with Crippen LogP contribution >= 0.6 is 11.6 Å². The third kappa shape index (κ3) is 2.84. The highest BCUT2D eigenvalue weighted by Crippen LogP contribution is 2.26. The van der Waals surface area contributed by atoms with Crippen LogP contribution in [0.2, 0.25) is 5.02 Å². The van der Waals surface area contributed by atoms with Gasteiger partial charge in [0.2, 0.25) is 0 Å². The second-order valence-electron chi connectivity index (χ2n) is 3.52. The van der Waals surface area contributed by atoms with Gasteiger partial charge in [0.25, 0.3) is 0 Å². The Labute approximate surface area is 107 Å². The maximum atomic E-state index is 13.2. The molecule has 0 unspecified atom stereocenters. The van der Waals surface area contributed by atoms with Crippen LogP contribution in [0.5, 0.6) is 11.5 Å². The first-order chi connectivity index (χ1) is 8.58. The van der Waals surface area contributed by atoms with Gasteiger partial charge < -0.3 is 4.74 Å². The van der Waals surface area contributed by atoms with E-state index in [2.05, 4.69) is 0 Å². The van der Waals surface area contributed by atoms with E-state index in [1.807, 2.05) is 0 Å². The number of hydrogen-bond acceptors (Lipinski definition) is 2. The van der Waals surface area contributed by atoms with Crippen molar-refractivity contribution in [3.8, 4) is 11.5 Å². The van der Waals surface area contributed by atoms with Gasteiger partial charge in [-0.3, -0.25) is 4.79 Å². The fraction of sp³-hybridized carbons (Fsp3) is 0. The smallest absolute Gasteiger partial charge is 0.150 e. The minimum absolute atomic E-state index is 0.0322. The first-order valence-electron chi connectivity index (χ1n) is 4.97. The molecule has 18 heavy (non-hydrogen) atoms. The van der Waals surface area contributed by atoms with E-state index < -0.39 is 11.6 Å². The molecule has 0 spiro atoms. The quantitative estimate of drug-likeness (QED) is 0.779. The molecule has 0 fully saturated rings. The molecule has 0 N–H and O–H groups in total. The maximum Gasteiger partial charge on any atom is 0.150 e. The molecule has 0 radical (unpaired) electrons. The van der Waals surface area contributed by atoms with E-state index in [0.717, 1.165) is 18.2 Å². The zero-order chi connectivity index (χ0) is 13.1. The van der Waals surface area contributed by atoms with Crippen LogP contribution in [0.4, 0.5) is 8.78 Å². The largest absolute Gasteiger partial charge is 0.457 e. The van der Waals surface area contributed by atoms with E-state index in [-0.39, 0.29) is 22.1 Å². The molecule has 0 aliphatic rings. The summed E-state index contributed by atoms with van der Waals surface area (Å²) in [6, 6.07) is 7.36. The lowest BCUT2D eigenvalue weighted by molar-refractivity contribution is 0.112. The Balaban J connectivity index is 2.30. The molecule has 2 aromatic rings. The minimum atomic E-state index is -0.638. The zero-order valence-electron chi connectivity index (χ0n) is 8.99. The Morgan fingerprint density at radius 2 is 1.83 bits per heavy atom. The second kappa shape index (κ2) is 5.14. The van der Waals surface area contributed by atoms with Gasteiger partial charge in [0.05, 0.1) is 5.02 Å². The standard InChI is InChI=1S/C13H7ClF2O2/c14-12-2-1-10(6-13(12)16)18-11-4-8(7-17)3-9(15)5-11/h1-7H. The summed E-state index contributed by atoms with van der Waals surface area (Å²) in [6.45, 7) is 0. The van der Waals surface area contributed by atoms with Crippen molar-refractivity contribution in [1.29, 1.82) is 0 Å². The molecule has 0 bridgehead atoms. The fourth-order valence-electron chi connectivity index (χ4n) is 1.39. The van der Waals surface area contributed by atoms with E-state index >= 15 is 0 Å². The Kier molecular flexibility index (Phi) is 3.58. The van der Waals surface area contributed by atoms with Gasteiger partial charge in [0.15, 0.2) is 0 Å². The third-order valence-electron chi connectivity index (χ3n) is 2.16. The van der Waals surface area contributed by atoms with Gasteiger partial charge in [-0.05, 0) is 24.3 Å². The number of ether oxygens (including phenoxy) is 1. The number of aldehydes is 1. The van der Waals surface area contributed by atoms with Gasteiger partial charge in [-0.2, -0.15) is 0 Å². The molecule has 0 saturated heterocycles. The van der Waals surface area contributed by atoms with Crippen molar-refractivity contribution in [2.24, 2.45) is 0 Å². The summed E-state index contributed by atoms with van der Waals surface area (Å²) in [5.41, 5.74) is 0.138. The highest BCUT2D eigenvalue weighted by Gasteiger charge is 2.05.